The van der Waals surface area contributed by atoms with Crippen molar-refractivity contribution < 1.29 is 71.9 Å². The molecular formula is C4H6MgMnO12S2. The number of hydrogen-bond donors (Lipinski definition) is 2. The SMILES string of the molecule is O=C(O)CCC(=O)O.O=S(=O)([O-])[O-].O=S(=O)([O-])[O-].[Mg+2].[Mn+2]. The molecule has 0 rings (SSSR count). The zero-order valence-corrected chi connectivity index (χ0v) is 13.5. The number of aliphatic carboxylic acids is 2. The van der Waals surface area contributed by atoms with Gasteiger partial charge in [-0.1, -0.05) is 0 Å². The Balaban J connectivity index is -0.0000000558. The van der Waals surface area contributed by atoms with Gasteiger partial charge in [0.2, 0.25) is 0 Å². The van der Waals surface area contributed by atoms with Gasteiger partial charge in [-0.15, -0.1) is 0 Å². The Kier molecular flexibility index (Phi) is 24.6. The van der Waals surface area contributed by atoms with Crippen molar-refractivity contribution in [2.75, 3.05) is 0 Å². The van der Waals surface area contributed by atoms with Crippen LogP contribution in [0.3, 0.4) is 0 Å². The maximum absolute atomic E-state index is 9.64. The number of carbonyl (C=O) groups is 2. The van der Waals surface area contributed by atoms with E-state index in [0.717, 1.165) is 0 Å². The van der Waals surface area contributed by atoms with Crippen LogP contribution in [0.25, 0.3) is 0 Å². The van der Waals surface area contributed by atoms with Crippen LogP contribution in [0.1, 0.15) is 12.8 Å². The van der Waals surface area contributed by atoms with Crippen molar-refractivity contribution in [3.05, 3.63) is 0 Å². The van der Waals surface area contributed by atoms with Gasteiger partial charge >= 0.3 is 52.1 Å². The Morgan fingerprint density at radius 1 is 0.750 bits per heavy atom. The first-order valence-corrected chi connectivity index (χ1v) is 6.06. The van der Waals surface area contributed by atoms with E-state index in [-0.39, 0.29) is 53.0 Å². The average molecular weight is 389 g/mol. The molecule has 115 valence electrons. The fraction of sp³-hybridized carbons (Fsp3) is 0.500. The zero-order valence-electron chi connectivity index (χ0n) is 9.29. The molecule has 0 saturated heterocycles. The number of carboxylic acids is 2. The fourth-order valence-corrected chi connectivity index (χ4v) is 0.214. The maximum Gasteiger partial charge on any atom is 2.00 e. The number of carboxylic acid groups (broad SMARTS) is 2. The summed E-state index contributed by atoms with van der Waals surface area (Å²) in [7, 11) is -10.3. The van der Waals surface area contributed by atoms with Gasteiger partial charge in [0.05, 0.1) is 12.8 Å². The summed E-state index contributed by atoms with van der Waals surface area (Å²) in [4.78, 5) is 19.3. The third-order valence-electron chi connectivity index (χ3n) is 0.553. The van der Waals surface area contributed by atoms with E-state index in [1.54, 1.807) is 0 Å². The van der Waals surface area contributed by atoms with Crippen molar-refractivity contribution in [2.24, 2.45) is 0 Å². The summed E-state index contributed by atoms with van der Waals surface area (Å²) < 4.78 is 68.2. The molecule has 12 nitrogen and oxygen atoms in total. The Morgan fingerprint density at radius 3 is 0.900 bits per heavy atom. The zero-order chi connectivity index (χ0) is 15.6. The molecule has 0 spiro atoms. The minimum Gasteiger partial charge on any atom is -0.759 e. The molecule has 0 fully saturated rings. The Morgan fingerprint density at radius 2 is 0.850 bits per heavy atom. The predicted molar refractivity (Wildman–Crippen MR) is 51.2 cm³/mol. The molecule has 0 aromatic rings. The molecule has 0 amide bonds. The summed E-state index contributed by atoms with van der Waals surface area (Å²) in [5.41, 5.74) is 0. The van der Waals surface area contributed by atoms with Gasteiger partial charge in [-0.2, -0.15) is 0 Å². The van der Waals surface area contributed by atoms with Gasteiger partial charge in [-0.05, 0) is 0 Å². The Labute approximate surface area is 140 Å². The van der Waals surface area contributed by atoms with Crippen LogP contribution in [0.2, 0.25) is 0 Å². The number of rotatable bonds is 3. The largest absolute Gasteiger partial charge is 2.00 e. The van der Waals surface area contributed by atoms with Crippen LogP contribution in [0, 0.1) is 0 Å². The van der Waals surface area contributed by atoms with E-state index in [2.05, 4.69) is 0 Å². The van der Waals surface area contributed by atoms with Crippen molar-refractivity contribution >= 4 is 55.8 Å². The molecule has 2 N–H and O–H groups in total. The van der Waals surface area contributed by atoms with Crippen molar-refractivity contribution in [1.82, 2.24) is 0 Å². The standard InChI is InChI=1S/C4H6O4.Mg.Mn.2H2O4S/c5-3(6)1-2-4(7)8;;;2*1-5(2,3)4/h1-2H2,(H,5,6)(H,7,8);;;2*(H2,1,2,3,4)/q;2*+2;;/p-4. The monoisotopic (exact) mass is 389 g/mol. The van der Waals surface area contributed by atoms with Crippen molar-refractivity contribution in [2.45, 2.75) is 12.8 Å². The molecule has 0 aliphatic carbocycles. The van der Waals surface area contributed by atoms with E-state index in [1.807, 2.05) is 0 Å². The summed E-state index contributed by atoms with van der Waals surface area (Å²) in [6.45, 7) is 0. The second-order valence-corrected chi connectivity index (χ2v) is 3.74. The molecule has 20 heavy (non-hydrogen) atoms. The third-order valence-corrected chi connectivity index (χ3v) is 0.553. The van der Waals surface area contributed by atoms with Crippen LogP contribution in [0.4, 0.5) is 0 Å². The first-order valence-electron chi connectivity index (χ1n) is 3.40. The smallest absolute Gasteiger partial charge is 0.759 e. The quantitative estimate of drug-likeness (QED) is 0.277. The normalized spacial score (nSPS) is 9.20. The fourth-order valence-electron chi connectivity index (χ4n) is 0.214. The van der Waals surface area contributed by atoms with E-state index in [4.69, 9.17) is 45.3 Å². The molecule has 0 aliphatic heterocycles. The summed E-state index contributed by atoms with van der Waals surface area (Å²) >= 11 is 0. The summed E-state index contributed by atoms with van der Waals surface area (Å²) in [6.07, 6.45) is -0.593. The molecule has 0 saturated carbocycles. The first kappa shape index (κ1) is 32.1. The van der Waals surface area contributed by atoms with Crippen LogP contribution < -0.4 is 0 Å². The van der Waals surface area contributed by atoms with Crippen LogP contribution >= 0.6 is 0 Å². The van der Waals surface area contributed by atoms with E-state index >= 15 is 0 Å². The third kappa shape index (κ3) is 210. The summed E-state index contributed by atoms with van der Waals surface area (Å²) in [5, 5.41) is 15.8. The van der Waals surface area contributed by atoms with E-state index in [1.165, 1.54) is 0 Å². The van der Waals surface area contributed by atoms with Crippen LogP contribution in [-0.4, -0.2) is 80.3 Å². The molecule has 0 heterocycles. The van der Waals surface area contributed by atoms with Crippen LogP contribution in [0.15, 0.2) is 0 Å². The van der Waals surface area contributed by atoms with E-state index in [9.17, 15) is 9.59 Å². The summed E-state index contributed by atoms with van der Waals surface area (Å²) in [6, 6.07) is 0. The average Bonchev–Trinajstić information content (AvgIpc) is 1.93. The second kappa shape index (κ2) is 15.4. The molecule has 0 bridgehead atoms. The maximum atomic E-state index is 9.64. The Bertz CT molecular complexity index is 394. The van der Waals surface area contributed by atoms with Gasteiger partial charge in [-0.3, -0.25) is 26.4 Å². The van der Waals surface area contributed by atoms with Crippen LogP contribution in [-0.2, 0) is 47.5 Å². The molecule has 0 atom stereocenters. The molecule has 0 aromatic heterocycles. The summed E-state index contributed by atoms with van der Waals surface area (Å²) in [5.74, 6) is -2.15. The molecular weight excluding hydrogens is 383 g/mol. The molecule has 16 heteroatoms. The number of hydrogen-bond acceptors (Lipinski definition) is 10. The van der Waals surface area contributed by atoms with Crippen molar-refractivity contribution in [1.29, 1.82) is 0 Å². The molecule has 0 unspecified atom stereocenters. The van der Waals surface area contributed by atoms with Crippen LogP contribution in [0.5, 0.6) is 0 Å². The minimum atomic E-state index is -5.17. The van der Waals surface area contributed by atoms with Crippen molar-refractivity contribution in [3.8, 4) is 0 Å². The second-order valence-electron chi connectivity index (χ2n) is 2.10. The van der Waals surface area contributed by atoms with Gasteiger partial charge in [0.15, 0.2) is 0 Å². The van der Waals surface area contributed by atoms with Gasteiger partial charge in [-0.25, -0.2) is 0 Å². The minimum absolute atomic E-state index is 0. The van der Waals surface area contributed by atoms with Gasteiger partial charge in [0, 0.05) is 20.8 Å². The van der Waals surface area contributed by atoms with Crippen molar-refractivity contribution in [3.63, 3.8) is 0 Å². The molecule has 1 radical (unpaired) electrons. The van der Waals surface area contributed by atoms with E-state index < -0.39 is 32.7 Å². The first-order chi connectivity index (χ1) is 7.63. The van der Waals surface area contributed by atoms with Gasteiger partial charge in [0.1, 0.15) is 0 Å². The van der Waals surface area contributed by atoms with Gasteiger partial charge < -0.3 is 28.4 Å². The molecule has 0 aliphatic rings. The predicted octanol–water partition coefficient (Wildman–Crippen LogP) is -3.12. The topological polar surface area (TPSA) is 235 Å². The van der Waals surface area contributed by atoms with E-state index in [0.29, 0.717) is 0 Å². The van der Waals surface area contributed by atoms with Gasteiger partial charge in [0.25, 0.3) is 0 Å². The molecule has 0 aromatic carbocycles. The Hall–Kier alpha value is -0.0343.